The fourth-order valence-electron chi connectivity index (χ4n) is 4.24. The molecule has 5 rings (SSSR count). The van der Waals surface area contributed by atoms with Crippen LogP contribution in [-0.4, -0.2) is 58.3 Å². The van der Waals surface area contributed by atoms with Crippen LogP contribution in [0.3, 0.4) is 0 Å². The molecule has 3 aromatic rings. The lowest BCUT2D eigenvalue weighted by Crippen LogP contribution is -2.43. The van der Waals surface area contributed by atoms with E-state index < -0.39 is 6.04 Å². The number of para-hydroxylation sites is 1. The van der Waals surface area contributed by atoms with Crippen molar-refractivity contribution in [2.24, 2.45) is 0 Å². The van der Waals surface area contributed by atoms with Crippen LogP contribution in [0.5, 0.6) is 0 Å². The molecular formula is C22H20N4O3. The van der Waals surface area contributed by atoms with Crippen molar-refractivity contribution in [2.75, 3.05) is 24.5 Å². The number of H-pyrrole nitrogens is 1. The molecule has 1 aromatic heterocycles. The van der Waals surface area contributed by atoms with Gasteiger partial charge in [0.25, 0.3) is 11.8 Å². The molecule has 0 spiro atoms. The average Bonchev–Trinajstić information content (AvgIpc) is 3.22. The number of fused-ring (bicyclic) bond motifs is 2. The van der Waals surface area contributed by atoms with E-state index in [1.54, 1.807) is 40.1 Å². The Morgan fingerprint density at radius 1 is 0.966 bits per heavy atom. The first-order chi connectivity index (χ1) is 14.1. The number of aromatic nitrogens is 1. The van der Waals surface area contributed by atoms with Crippen LogP contribution in [0.25, 0.3) is 10.9 Å². The maximum absolute atomic E-state index is 13.3. The predicted molar refractivity (Wildman–Crippen MR) is 109 cm³/mol. The maximum atomic E-state index is 13.3. The molecule has 2 aliphatic rings. The van der Waals surface area contributed by atoms with Crippen LogP contribution in [-0.2, 0) is 4.79 Å². The Bertz CT molecular complexity index is 1110. The van der Waals surface area contributed by atoms with Crippen molar-refractivity contribution in [1.82, 2.24) is 14.8 Å². The Morgan fingerprint density at radius 2 is 1.79 bits per heavy atom. The van der Waals surface area contributed by atoms with Crippen LogP contribution in [0.15, 0.2) is 60.8 Å². The zero-order valence-corrected chi connectivity index (χ0v) is 15.7. The van der Waals surface area contributed by atoms with E-state index in [0.29, 0.717) is 30.8 Å². The van der Waals surface area contributed by atoms with E-state index in [2.05, 4.69) is 4.98 Å². The van der Waals surface area contributed by atoms with E-state index >= 15 is 0 Å². The quantitative estimate of drug-likeness (QED) is 0.686. The molecule has 29 heavy (non-hydrogen) atoms. The molecule has 0 saturated carbocycles. The molecule has 2 aliphatic heterocycles. The SMILES string of the molecule is O=C(c1cccc2[nH]ccc12)N1CCCN2C(=O)N(c3ccccc3)C(=O)C2C1. The van der Waals surface area contributed by atoms with E-state index in [1.165, 1.54) is 4.90 Å². The average molecular weight is 388 g/mol. The third-order valence-electron chi connectivity index (χ3n) is 5.67. The van der Waals surface area contributed by atoms with Gasteiger partial charge >= 0.3 is 6.03 Å². The monoisotopic (exact) mass is 388 g/mol. The number of rotatable bonds is 2. The lowest BCUT2D eigenvalue weighted by Gasteiger charge is -2.24. The zero-order chi connectivity index (χ0) is 20.0. The van der Waals surface area contributed by atoms with Gasteiger partial charge in [-0.2, -0.15) is 0 Å². The van der Waals surface area contributed by atoms with Crippen molar-refractivity contribution >= 4 is 34.4 Å². The van der Waals surface area contributed by atoms with E-state index in [1.807, 2.05) is 30.5 Å². The molecule has 4 amide bonds. The van der Waals surface area contributed by atoms with Crippen LogP contribution in [0.1, 0.15) is 16.8 Å². The van der Waals surface area contributed by atoms with Gasteiger partial charge in [-0.05, 0) is 36.8 Å². The van der Waals surface area contributed by atoms with Crippen LogP contribution in [0, 0.1) is 0 Å². The Labute approximate surface area is 167 Å². The van der Waals surface area contributed by atoms with Crippen molar-refractivity contribution in [3.05, 3.63) is 66.4 Å². The molecule has 3 heterocycles. The largest absolute Gasteiger partial charge is 0.361 e. The van der Waals surface area contributed by atoms with Crippen LogP contribution in [0.4, 0.5) is 10.5 Å². The van der Waals surface area contributed by atoms with Crippen molar-refractivity contribution in [2.45, 2.75) is 12.5 Å². The molecule has 0 aliphatic carbocycles. The van der Waals surface area contributed by atoms with Crippen LogP contribution in [0.2, 0.25) is 0 Å². The number of benzene rings is 2. The minimum absolute atomic E-state index is 0.115. The van der Waals surface area contributed by atoms with E-state index in [9.17, 15) is 14.4 Å². The van der Waals surface area contributed by atoms with Crippen molar-refractivity contribution in [1.29, 1.82) is 0 Å². The lowest BCUT2D eigenvalue weighted by molar-refractivity contribution is -0.119. The number of aromatic amines is 1. The summed E-state index contributed by atoms with van der Waals surface area (Å²) in [5.41, 5.74) is 2.06. The molecule has 0 radical (unpaired) electrons. The molecule has 1 N–H and O–H groups in total. The van der Waals surface area contributed by atoms with Crippen molar-refractivity contribution in [3.63, 3.8) is 0 Å². The molecule has 0 bridgehead atoms. The van der Waals surface area contributed by atoms with Gasteiger partial charge in [0.1, 0.15) is 6.04 Å². The topological polar surface area (TPSA) is 76.7 Å². The van der Waals surface area contributed by atoms with Gasteiger partial charge in [0.15, 0.2) is 0 Å². The van der Waals surface area contributed by atoms with Gasteiger partial charge in [-0.1, -0.05) is 24.3 Å². The Hall–Kier alpha value is -3.61. The number of nitrogens with one attached hydrogen (secondary N) is 1. The van der Waals surface area contributed by atoms with Gasteiger partial charge in [0.05, 0.1) is 12.2 Å². The maximum Gasteiger partial charge on any atom is 0.332 e. The molecule has 7 nitrogen and oxygen atoms in total. The first-order valence-corrected chi connectivity index (χ1v) is 9.70. The second kappa shape index (κ2) is 6.77. The van der Waals surface area contributed by atoms with E-state index in [0.717, 1.165) is 10.9 Å². The number of imide groups is 1. The number of hydrogen-bond donors (Lipinski definition) is 1. The third kappa shape index (κ3) is 2.77. The third-order valence-corrected chi connectivity index (χ3v) is 5.67. The normalized spacial score (nSPS) is 19.6. The highest BCUT2D eigenvalue weighted by molar-refractivity contribution is 6.21. The highest BCUT2D eigenvalue weighted by atomic mass is 16.2. The summed E-state index contributed by atoms with van der Waals surface area (Å²) in [5, 5.41) is 0.860. The Kier molecular flexibility index (Phi) is 4.08. The zero-order valence-electron chi connectivity index (χ0n) is 15.7. The summed E-state index contributed by atoms with van der Waals surface area (Å²) in [6.45, 7) is 1.17. The van der Waals surface area contributed by atoms with Gasteiger partial charge in [-0.15, -0.1) is 0 Å². The molecule has 2 saturated heterocycles. The summed E-state index contributed by atoms with van der Waals surface area (Å²) in [6.07, 6.45) is 2.44. The van der Waals surface area contributed by atoms with Crippen molar-refractivity contribution in [3.8, 4) is 0 Å². The number of urea groups is 1. The number of amides is 4. The van der Waals surface area contributed by atoms with Crippen LogP contribution < -0.4 is 4.90 Å². The number of anilines is 1. The summed E-state index contributed by atoms with van der Waals surface area (Å²) in [5.74, 6) is -0.392. The Morgan fingerprint density at radius 3 is 2.62 bits per heavy atom. The molecule has 2 aromatic carbocycles. The predicted octanol–water partition coefficient (Wildman–Crippen LogP) is 2.85. The van der Waals surface area contributed by atoms with Crippen LogP contribution >= 0.6 is 0 Å². The molecule has 146 valence electrons. The smallest absolute Gasteiger partial charge is 0.332 e. The number of nitrogens with zero attached hydrogens (tertiary/aromatic N) is 3. The molecular weight excluding hydrogens is 368 g/mol. The number of hydrogen-bond acceptors (Lipinski definition) is 3. The first kappa shape index (κ1) is 17.5. The highest BCUT2D eigenvalue weighted by Gasteiger charge is 2.47. The fourth-order valence-corrected chi connectivity index (χ4v) is 4.24. The van der Waals surface area contributed by atoms with E-state index in [4.69, 9.17) is 0 Å². The summed E-state index contributed by atoms with van der Waals surface area (Å²) in [6, 6.07) is 15.4. The second-order valence-corrected chi connectivity index (χ2v) is 7.35. The summed E-state index contributed by atoms with van der Waals surface area (Å²) in [4.78, 5) is 46.9. The summed E-state index contributed by atoms with van der Waals surface area (Å²) in [7, 11) is 0. The number of carbonyl (C=O) groups excluding carboxylic acids is 3. The lowest BCUT2D eigenvalue weighted by atomic mass is 10.1. The van der Waals surface area contributed by atoms with Gasteiger partial charge in [-0.25, -0.2) is 9.69 Å². The summed E-state index contributed by atoms with van der Waals surface area (Å²) >= 11 is 0. The van der Waals surface area contributed by atoms with Gasteiger partial charge in [-0.3, -0.25) is 9.59 Å². The van der Waals surface area contributed by atoms with Gasteiger partial charge in [0, 0.05) is 35.8 Å². The molecule has 1 unspecified atom stereocenters. The second-order valence-electron chi connectivity index (χ2n) is 7.35. The minimum Gasteiger partial charge on any atom is -0.361 e. The standard InChI is InChI=1S/C22H20N4O3/c27-20(17-8-4-9-18-16(17)10-11-23-18)24-12-5-13-25-19(14-24)21(28)26(22(25)29)15-6-2-1-3-7-15/h1-4,6-11,19,23H,5,12-14H2. The van der Waals surface area contributed by atoms with Gasteiger partial charge in [0.2, 0.25) is 0 Å². The van der Waals surface area contributed by atoms with E-state index in [-0.39, 0.29) is 24.4 Å². The molecule has 2 fully saturated rings. The summed E-state index contributed by atoms with van der Waals surface area (Å²) < 4.78 is 0. The van der Waals surface area contributed by atoms with Gasteiger partial charge < -0.3 is 14.8 Å². The molecule has 7 heteroatoms. The highest BCUT2D eigenvalue weighted by Crippen LogP contribution is 2.28. The van der Waals surface area contributed by atoms with Crippen molar-refractivity contribution < 1.29 is 14.4 Å². The number of carbonyl (C=O) groups is 3. The first-order valence-electron chi connectivity index (χ1n) is 9.70. The fraction of sp³-hybridized carbons (Fsp3) is 0.227. The Balaban J connectivity index is 1.44. The molecule has 1 atom stereocenters. The minimum atomic E-state index is -0.653.